The van der Waals surface area contributed by atoms with Gasteiger partial charge in [0.1, 0.15) is 21.3 Å². The van der Waals surface area contributed by atoms with Gasteiger partial charge in [0.15, 0.2) is 0 Å². The van der Waals surface area contributed by atoms with Crippen LogP contribution in [0.1, 0.15) is 19.0 Å². The van der Waals surface area contributed by atoms with Gasteiger partial charge in [-0.25, -0.2) is 8.42 Å². The maximum absolute atomic E-state index is 11.2. The van der Waals surface area contributed by atoms with Crippen molar-refractivity contribution in [2.24, 2.45) is 7.05 Å². The minimum Gasteiger partial charge on any atom is -0.378 e. The van der Waals surface area contributed by atoms with E-state index in [9.17, 15) is 8.42 Å². The summed E-state index contributed by atoms with van der Waals surface area (Å²) in [6.07, 6.45) is 2.76. The lowest BCUT2D eigenvalue weighted by Crippen LogP contribution is -2.35. The van der Waals surface area contributed by atoms with Crippen molar-refractivity contribution in [3.05, 3.63) is 5.69 Å². The molecular weight excluding hydrogens is 252 g/mol. The van der Waals surface area contributed by atoms with Gasteiger partial charge in [0.2, 0.25) is 0 Å². The van der Waals surface area contributed by atoms with Gasteiger partial charge < -0.3 is 10.6 Å². The van der Waals surface area contributed by atoms with Gasteiger partial charge in [0.05, 0.1) is 11.4 Å². The number of nitrogens with one attached hydrogen (secondary N) is 2. The minimum atomic E-state index is -2.90. The van der Waals surface area contributed by atoms with Crippen LogP contribution in [0.5, 0.6) is 0 Å². The number of fused-ring (bicyclic) bond motifs is 1. The number of anilines is 2. The summed E-state index contributed by atoms with van der Waals surface area (Å²) in [4.78, 5) is 0. The molecule has 2 N–H and O–H groups in total. The smallest absolute Gasteiger partial charge is 0.148 e. The highest BCUT2D eigenvalue weighted by Crippen LogP contribution is 2.30. The van der Waals surface area contributed by atoms with Crippen LogP contribution in [-0.4, -0.2) is 42.8 Å². The van der Waals surface area contributed by atoms with Gasteiger partial charge >= 0.3 is 0 Å². The molecule has 0 aliphatic carbocycles. The maximum atomic E-state index is 11.2. The largest absolute Gasteiger partial charge is 0.378 e. The van der Waals surface area contributed by atoms with Crippen molar-refractivity contribution in [1.29, 1.82) is 0 Å². The first-order chi connectivity index (χ1) is 8.40. The number of hydrogen-bond acceptors (Lipinski definition) is 5. The first-order valence-electron chi connectivity index (χ1n) is 6.14. The lowest BCUT2D eigenvalue weighted by Gasteiger charge is -2.26. The molecule has 1 aromatic rings. The van der Waals surface area contributed by atoms with Crippen LogP contribution in [0, 0.1) is 0 Å². The zero-order chi connectivity index (χ0) is 13.3. The highest BCUT2D eigenvalue weighted by atomic mass is 32.2. The maximum Gasteiger partial charge on any atom is 0.148 e. The second-order valence-electron chi connectivity index (χ2n) is 4.79. The van der Waals surface area contributed by atoms with E-state index in [0.717, 1.165) is 30.2 Å². The summed E-state index contributed by atoms with van der Waals surface area (Å²) in [7, 11) is -1.01. The SMILES string of the molecule is CCc1nn(C)c2c1NCC(CCS(C)(=O)=O)N2. The molecule has 1 atom stereocenters. The van der Waals surface area contributed by atoms with Gasteiger partial charge in [-0.15, -0.1) is 0 Å². The van der Waals surface area contributed by atoms with Crippen LogP contribution >= 0.6 is 0 Å². The molecule has 0 aromatic carbocycles. The molecule has 6 nitrogen and oxygen atoms in total. The van der Waals surface area contributed by atoms with Gasteiger partial charge in [-0.05, 0) is 12.8 Å². The van der Waals surface area contributed by atoms with Gasteiger partial charge in [-0.2, -0.15) is 5.10 Å². The number of nitrogens with zero attached hydrogens (tertiary/aromatic N) is 2. The molecule has 7 heteroatoms. The average molecular weight is 272 g/mol. The fraction of sp³-hybridized carbons (Fsp3) is 0.727. The van der Waals surface area contributed by atoms with Crippen molar-refractivity contribution < 1.29 is 8.42 Å². The first-order valence-corrected chi connectivity index (χ1v) is 8.20. The van der Waals surface area contributed by atoms with E-state index in [1.54, 1.807) is 0 Å². The van der Waals surface area contributed by atoms with Crippen molar-refractivity contribution in [3.63, 3.8) is 0 Å². The molecule has 1 unspecified atom stereocenters. The van der Waals surface area contributed by atoms with Crippen molar-refractivity contribution in [2.75, 3.05) is 29.2 Å². The summed E-state index contributed by atoms with van der Waals surface area (Å²) in [5, 5.41) is 11.1. The van der Waals surface area contributed by atoms with E-state index in [4.69, 9.17) is 0 Å². The number of hydrogen-bond donors (Lipinski definition) is 2. The summed E-state index contributed by atoms with van der Waals surface area (Å²) in [6.45, 7) is 2.81. The molecule has 0 radical (unpaired) electrons. The zero-order valence-electron chi connectivity index (χ0n) is 11.0. The quantitative estimate of drug-likeness (QED) is 0.840. The third kappa shape index (κ3) is 2.77. The Balaban J connectivity index is 2.08. The van der Waals surface area contributed by atoms with E-state index < -0.39 is 9.84 Å². The van der Waals surface area contributed by atoms with E-state index in [1.165, 1.54) is 6.26 Å². The Kier molecular flexibility index (Phi) is 3.52. The van der Waals surface area contributed by atoms with Crippen LogP contribution in [0.3, 0.4) is 0 Å². The molecule has 1 aromatic heterocycles. The van der Waals surface area contributed by atoms with Crippen LogP contribution < -0.4 is 10.6 Å². The number of aryl methyl sites for hydroxylation is 2. The van der Waals surface area contributed by atoms with Gasteiger partial charge in [-0.1, -0.05) is 6.92 Å². The number of rotatable bonds is 4. The fourth-order valence-corrected chi connectivity index (χ4v) is 2.89. The third-order valence-electron chi connectivity index (χ3n) is 3.16. The predicted molar refractivity (Wildman–Crippen MR) is 72.8 cm³/mol. The Morgan fingerprint density at radius 1 is 1.50 bits per heavy atom. The lowest BCUT2D eigenvalue weighted by atomic mass is 10.1. The molecule has 1 aliphatic heterocycles. The molecule has 102 valence electrons. The Morgan fingerprint density at radius 3 is 2.83 bits per heavy atom. The van der Waals surface area contributed by atoms with E-state index in [1.807, 2.05) is 11.7 Å². The molecule has 0 fully saturated rings. The van der Waals surface area contributed by atoms with Crippen LogP contribution in [0.15, 0.2) is 0 Å². The Hall–Kier alpha value is -1.24. The van der Waals surface area contributed by atoms with E-state index in [-0.39, 0.29) is 11.8 Å². The highest BCUT2D eigenvalue weighted by molar-refractivity contribution is 7.90. The van der Waals surface area contributed by atoms with Crippen LogP contribution in [0.4, 0.5) is 11.5 Å². The summed E-state index contributed by atoms with van der Waals surface area (Å²) >= 11 is 0. The van der Waals surface area contributed by atoms with E-state index in [2.05, 4.69) is 22.7 Å². The standard InChI is InChI=1S/C11H20N4O2S/c1-4-9-10-11(15(2)14-9)13-8(7-12-10)5-6-18(3,16)17/h8,12-13H,4-7H2,1-3H3. The van der Waals surface area contributed by atoms with E-state index in [0.29, 0.717) is 6.42 Å². The van der Waals surface area contributed by atoms with Crippen molar-refractivity contribution >= 4 is 21.3 Å². The molecule has 0 saturated carbocycles. The van der Waals surface area contributed by atoms with Crippen molar-refractivity contribution in [1.82, 2.24) is 9.78 Å². The molecule has 0 bridgehead atoms. The average Bonchev–Trinajstić information content (AvgIpc) is 2.62. The first kappa shape index (κ1) is 13.2. The van der Waals surface area contributed by atoms with Gasteiger partial charge in [-0.3, -0.25) is 4.68 Å². The molecule has 1 aliphatic rings. The van der Waals surface area contributed by atoms with E-state index >= 15 is 0 Å². The van der Waals surface area contributed by atoms with Crippen molar-refractivity contribution in [3.8, 4) is 0 Å². The molecule has 0 spiro atoms. The number of sulfone groups is 1. The summed E-state index contributed by atoms with van der Waals surface area (Å²) in [5.41, 5.74) is 2.09. The normalized spacial score (nSPS) is 18.9. The second-order valence-corrected chi connectivity index (χ2v) is 7.05. The molecule has 2 rings (SSSR count). The summed E-state index contributed by atoms with van der Waals surface area (Å²) < 4.78 is 24.2. The third-order valence-corrected chi connectivity index (χ3v) is 4.14. The zero-order valence-corrected chi connectivity index (χ0v) is 11.8. The Bertz CT molecular complexity index is 535. The summed E-state index contributed by atoms with van der Waals surface area (Å²) in [5.74, 6) is 1.16. The Labute approximate surface area is 108 Å². The lowest BCUT2D eigenvalue weighted by molar-refractivity contribution is 0.593. The minimum absolute atomic E-state index is 0.132. The summed E-state index contributed by atoms with van der Waals surface area (Å²) in [6, 6.07) is 0.132. The topological polar surface area (TPSA) is 76.0 Å². The molecule has 2 heterocycles. The van der Waals surface area contributed by atoms with Crippen LogP contribution in [0.2, 0.25) is 0 Å². The number of aromatic nitrogens is 2. The molecule has 0 amide bonds. The second kappa shape index (κ2) is 4.79. The van der Waals surface area contributed by atoms with Crippen molar-refractivity contribution in [2.45, 2.75) is 25.8 Å². The fourth-order valence-electron chi connectivity index (χ4n) is 2.18. The monoisotopic (exact) mass is 272 g/mol. The van der Waals surface area contributed by atoms with Gasteiger partial charge in [0.25, 0.3) is 0 Å². The highest BCUT2D eigenvalue weighted by Gasteiger charge is 2.24. The molecule has 18 heavy (non-hydrogen) atoms. The van der Waals surface area contributed by atoms with Crippen LogP contribution in [0.25, 0.3) is 0 Å². The van der Waals surface area contributed by atoms with Gasteiger partial charge in [0, 0.05) is 25.9 Å². The van der Waals surface area contributed by atoms with Crippen LogP contribution in [-0.2, 0) is 23.3 Å². The molecular formula is C11H20N4O2S. The molecule has 0 saturated heterocycles. The Morgan fingerprint density at radius 2 is 2.22 bits per heavy atom. The predicted octanol–water partition coefficient (Wildman–Crippen LogP) is 0.623.